The van der Waals surface area contributed by atoms with Crippen LogP contribution in [-0.2, 0) is 11.2 Å². The third-order valence-corrected chi connectivity index (χ3v) is 2.76. The second-order valence-corrected chi connectivity index (χ2v) is 4.03. The van der Waals surface area contributed by atoms with Gasteiger partial charge in [-0.25, -0.2) is 13.8 Å². The van der Waals surface area contributed by atoms with Crippen LogP contribution in [0.3, 0.4) is 0 Å². The van der Waals surface area contributed by atoms with Gasteiger partial charge >= 0.3 is 5.97 Å². The Kier molecular flexibility index (Phi) is 3.95. The van der Waals surface area contributed by atoms with Gasteiger partial charge in [0.1, 0.15) is 9.39 Å². The molecule has 0 amide bonds. The van der Waals surface area contributed by atoms with E-state index >= 15 is 0 Å². The molecule has 0 aliphatic rings. The van der Waals surface area contributed by atoms with Gasteiger partial charge in [0.2, 0.25) is 0 Å². The fourth-order valence-corrected chi connectivity index (χ4v) is 1.77. The van der Waals surface area contributed by atoms with Crippen LogP contribution >= 0.6 is 22.6 Å². The number of aromatic nitrogens is 1. The van der Waals surface area contributed by atoms with Crippen LogP contribution in [0.5, 0.6) is 0 Å². The summed E-state index contributed by atoms with van der Waals surface area (Å²) in [5.41, 5.74) is 0.500. The second-order valence-electron chi connectivity index (χ2n) is 3.01. The zero-order valence-corrected chi connectivity index (χ0v) is 9.96. The number of carboxylic acids is 1. The van der Waals surface area contributed by atoms with E-state index in [-0.39, 0.29) is 12.1 Å². The molecule has 1 aromatic rings. The zero-order chi connectivity index (χ0) is 11.6. The summed E-state index contributed by atoms with van der Waals surface area (Å²) in [6.07, 6.45) is -2.83. The zero-order valence-electron chi connectivity index (χ0n) is 7.80. The van der Waals surface area contributed by atoms with E-state index in [9.17, 15) is 13.6 Å². The first-order chi connectivity index (χ1) is 6.91. The van der Waals surface area contributed by atoms with Crippen molar-refractivity contribution < 1.29 is 18.7 Å². The maximum absolute atomic E-state index is 12.4. The van der Waals surface area contributed by atoms with Gasteiger partial charge in [0.05, 0.1) is 6.42 Å². The summed E-state index contributed by atoms with van der Waals surface area (Å²) in [4.78, 5) is 14.2. The topological polar surface area (TPSA) is 50.2 Å². The van der Waals surface area contributed by atoms with Crippen molar-refractivity contribution in [1.82, 2.24) is 4.98 Å². The summed E-state index contributed by atoms with van der Waals surface area (Å²) in [6, 6.07) is 1.45. The number of aryl methyl sites for hydroxylation is 1. The molecule has 0 fully saturated rings. The Morgan fingerprint density at radius 3 is 2.73 bits per heavy atom. The quantitative estimate of drug-likeness (QED) is 0.686. The van der Waals surface area contributed by atoms with Gasteiger partial charge in [-0.3, -0.25) is 4.79 Å². The molecule has 1 rings (SSSR count). The van der Waals surface area contributed by atoms with Gasteiger partial charge in [0, 0.05) is 0 Å². The number of carbonyl (C=O) groups is 1. The smallest absolute Gasteiger partial charge is 0.307 e. The highest BCUT2D eigenvalue weighted by Gasteiger charge is 2.16. The van der Waals surface area contributed by atoms with Crippen LogP contribution in [0.15, 0.2) is 6.07 Å². The summed E-state index contributed by atoms with van der Waals surface area (Å²) in [6.45, 7) is 1.50. The number of hydrogen-bond acceptors (Lipinski definition) is 2. The SMILES string of the molecule is Cc1cc(CC(=O)O)c(I)nc1C(F)F. The van der Waals surface area contributed by atoms with Crippen molar-refractivity contribution in [2.45, 2.75) is 19.8 Å². The Hall–Kier alpha value is -0.790. The number of pyridine rings is 1. The van der Waals surface area contributed by atoms with E-state index in [1.807, 2.05) is 0 Å². The van der Waals surface area contributed by atoms with Crippen molar-refractivity contribution in [1.29, 1.82) is 0 Å². The number of carboxylic acid groups (broad SMARTS) is 1. The van der Waals surface area contributed by atoms with Crippen LogP contribution in [0.2, 0.25) is 0 Å². The van der Waals surface area contributed by atoms with Crippen molar-refractivity contribution in [2.24, 2.45) is 0 Å². The minimum Gasteiger partial charge on any atom is -0.481 e. The molecule has 15 heavy (non-hydrogen) atoms. The highest BCUT2D eigenvalue weighted by molar-refractivity contribution is 14.1. The maximum Gasteiger partial charge on any atom is 0.307 e. The fourth-order valence-electron chi connectivity index (χ4n) is 1.17. The minimum absolute atomic E-state index is 0.199. The summed E-state index contributed by atoms with van der Waals surface area (Å²) >= 11 is 1.76. The number of halogens is 3. The van der Waals surface area contributed by atoms with E-state index in [0.29, 0.717) is 14.8 Å². The Bertz CT molecular complexity index is 396. The van der Waals surface area contributed by atoms with Crippen LogP contribution < -0.4 is 0 Å². The second kappa shape index (κ2) is 4.82. The lowest BCUT2D eigenvalue weighted by Crippen LogP contribution is -2.06. The molecule has 0 saturated heterocycles. The minimum atomic E-state index is -2.63. The van der Waals surface area contributed by atoms with Crippen molar-refractivity contribution >= 4 is 28.6 Å². The average molecular weight is 327 g/mol. The highest BCUT2D eigenvalue weighted by atomic mass is 127. The molecule has 0 atom stereocenters. The summed E-state index contributed by atoms with van der Waals surface area (Å²) in [5.74, 6) is -1.00. The highest BCUT2D eigenvalue weighted by Crippen LogP contribution is 2.23. The number of nitrogens with zero attached hydrogens (tertiary/aromatic N) is 1. The number of alkyl halides is 2. The molecule has 1 aromatic heterocycles. The van der Waals surface area contributed by atoms with E-state index < -0.39 is 12.4 Å². The summed E-state index contributed by atoms with van der Waals surface area (Å²) < 4.78 is 25.2. The van der Waals surface area contributed by atoms with Crippen molar-refractivity contribution in [3.05, 3.63) is 26.6 Å². The van der Waals surface area contributed by atoms with Gasteiger partial charge in [-0.05, 0) is 40.6 Å². The lowest BCUT2D eigenvalue weighted by atomic mass is 10.1. The lowest BCUT2D eigenvalue weighted by Gasteiger charge is -2.07. The molecule has 6 heteroatoms. The molecule has 0 saturated carbocycles. The molecule has 0 unspecified atom stereocenters. The third kappa shape index (κ3) is 3.08. The molecule has 0 bridgehead atoms. The van der Waals surface area contributed by atoms with Crippen LogP contribution in [-0.4, -0.2) is 16.1 Å². The Labute approximate surface area is 98.7 Å². The molecule has 0 radical (unpaired) electrons. The van der Waals surface area contributed by atoms with E-state index in [1.165, 1.54) is 13.0 Å². The number of hydrogen-bond donors (Lipinski definition) is 1. The first kappa shape index (κ1) is 12.3. The molecular weight excluding hydrogens is 319 g/mol. The first-order valence-electron chi connectivity index (χ1n) is 4.07. The molecule has 0 aromatic carbocycles. The van der Waals surface area contributed by atoms with Crippen molar-refractivity contribution in [3.63, 3.8) is 0 Å². The molecule has 0 aliphatic heterocycles. The Morgan fingerprint density at radius 1 is 1.67 bits per heavy atom. The van der Waals surface area contributed by atoms with Gasteiger partial charge < -0.3 is 5.11 Å². The van der Waals surface area contributed by atoms with E-state index in [1.54, 1.807) is 22.6 Å². The van der Waals surface area contributed by atoms with Crippen molar-refractivity contribution in [3.8, 4) is 0 Å². The Balaban J connectivity index is 3.13. The van der Waals surface area contributed by atoms with Crippen LogP contribution in [0, 0.1) is 10.6 Å². The fraction of sp³-hybridized carbons (Fsp3) is 0.333. The van der Waals surface area contributed by atoms with Crippen molar-refractivity contribution in [2.75, 3.05) is 0 Å². The molecular formula is C9H8F2INO2. The lowest BCUT2D eigenvalue weighted by molar-refractivity contribution is -0.136. The molecule has 82 valence electrons. The van der Waals surface area contributed by atoms with E-state index in [2.05, 4.69) is 4.98 Å². The maximum atomic E-state index is 12.4. The number of rotatable bonds is 3. The van der Waals surface area contributed by atoms with E-state index in [0.717, 1.165) is 0 Å². The summed E-state index contributed by atoms with van der Waals surface area (Å²) in [5, 5.41) is 8.58. The largest absolute Gasteiger partial charge is 0.481 e. The van der Waals surface area contributed by atoms with Crippen LogP contribution in [0.1, 0.15) is 23.2 Å². The molecule has 1 heterocycles. The average Bonchev–Trinajstić information content (AvgIpc) is 2.09. The molecule has 1 N–H and O–H groups in total. The first-order valence-corrected chi connectivity index (χ1v) is 5.15. The molecule has 0 aliphatic carbocycles. The van der Waals surface area contributed by atoms with Crippen LogP contribution in [0.4, 0.5) is 8.78 Å². The van der Waals surface area contributed by atoms with Gasteiger partial charge in [-0.15, -0.1) is 0 Å². The van der Waals surface area contributed by atoms with Crippen LogP contribution in [0.25, 0.3) is 0 Å². The summed E-state index contributed by atoms with van der Waals surface area (Å²) in [7, 11) is 0. The van der Waals surface area contributed by atoms with Gasteiger partial charge in [0.25, 0.3) is 6.43 Å². The predicted octanol–water partition coefficient (Wildman–Crippen LogP) is 2.56. The number of aliphatic carboxylic acids is 1. The Morgan fingerprint density at radius 2 is 2.27 bits per heavy atom. The monoisotopic (exact) mass is 327 g/mol. The normalized spacial score (nSPS) is 10.7. The molecule has 3 nitrogen and oxygen atoms in total. The van der Waals surface area contributed by atoms with Gasteiger partial charge in [-0.1, -0.05) is 6.07 Å². The predicted molar refractivity (Wildman–Crippen MR) is 58.0 cm³/mol. The van der Waals surface area contributed by atoms with Gasteiger partial charge in [0.15, 0.2) is 0 Å². The standard InChI is InChI=1S/C9H8F2INO2/c1-4-2-5(3-6(14)15)9(12)13-7(4)8(10)11/h2,8H,3H2,1H3,(H,14,15). The van der Waals surface area contributed by atoms with E-state index in [4.69, 9.17) is 5.11 Å². The van der Waals surface area contributed by atoms with Gasteiger partial charge in [-0.2, -0.15) is 0 Å². The third-order valence-electron chi connectivity index (χ3n) is 1.83. The molecule has 0 spiro atoms.